The predicted molar refractivity (Wildman–Crippen MR) is 117 cm³/mol. The number of nitrogens with zero attached hydrogens (tertiary/aromatic N) is 4. The zero-order chi connectivity index (χ0) is 22.5. The number of nitrogens with one attached hydrogen (secondary N) is 2. The van der Waals surface area contributed by atoms with Crippen molar-refractivity contribution in [2.75, 3.05) is 11.9 Å². The molecule has 0 spiro atoms. The average Bonchev–Trinajstić information content (AvgIpc) is 3.35. The Morgan fingerprint density at radius 2 is 2.06 bits per heavy atom. The fourth-order valence-corrected chi connectivity index (χ4v) is 4.24. The number of hydrogen-bond acceptors (Lipinski definition) is 6. The van der Waals surface area contributed by atoms with Crippen LogP contribution >= 0.6 is 11.3 Å². The van der Waals surface area contributed by atoms with Crippen LogP contribution in [-0.2, 0) is 30.7 Å². The lowest BCUT2D eigenvalue weighted by Gasteiger charge is -2.09. The van der Waals surface area contributed by atoms with Crippen molar-refractivity contribution in [1.82, 2.24) is 24.6 Å². The summed E-state index contributed by atoms with van der Waals surface area (Å²) in [6, 6.07) is 5.68. The molecule has 2 amide bonds. The minimum atomic E-state index is -0.612. The number of rotatable bonds is 8. The second kappa shape index (κ2) is 9.86. The Balaban J connectivity index is 1.22. The molecule has 168 valence electrons. The summed E-state index contributed by atoms with van der Waals surface area (Å²) in [7, 11) is 0. The quantitative estimate of drug-likeness (QED) is 0.502. The molecule has 2 N–H and O–H groups in total. The Labute approximate surface area is 187 Å². The van der Waals surface area contributed by atoms with Crippen LogP contribution in [0.3, 0.4) is 0 Å². The third-order valence-corrected chi connectivity index (χ3v) is 5.94. The van der Waals surface area contributed by atoms with Gasteiger partial charge in [-0.2, -0.15) is 5.10 Å². The number of benzene rings is 1. The molecule has 0 atom stereocenters. The lowest BCUT2D eigenvalue weighted by Crippen LogP contribution is -2.30. The van der Waals surface area contributed by atoms with Crippen LogP contribution in [0, 0.1) is 5.82 Å². The average molecular weight is 459 g/mol. The first-order valence-corrected chi connectivity index (χ1v) is 11.3. The fourth-order valence-electron chi connectivity index (χ4n) is 3.53. The van der Waals surface area contributed by atoms with E-state index in [2.05, 4.69) is 20.7 Å². The Kier molecular flexibility index (Phi) is 6.74. The molecule has 0 bridgehead atoms. The first kappa shape index (κ1) is 21.9. The van der Waals surface area contributed by atoms with Gasteiger partial charge in [0.25, 0.3) is 5.91 Å². The number of aromatic nitrogens is 4. The van der Waals surface area contributed by atoms with E-state index in [4.69, 9.17) is 0 Å². The van der Waals surface area contributed by atoms with Crippen LogP contribution in [0.15, 0.2) is 34.4 Å². The highest BCUT2D eigenvalue weighted by molar-refractivity contribution is 7.14. The Bertz CT molecular complexity index is 1180. The molecule has 0 fully saturated rings. The van der Waals surface area contributed by atoms with Crippen molar-refractivity contribution >= 4 is 28.3 Å². The Morgan fingerprint density at radius 1 is 1.22 bits per heavy atom. The van der Waals surface area contributed by atoms with E-state index in [1.165, 1.54) is 34.2 Å². The molecule has 32 heavy (non-hydrogen) atoms. The molecule has 0 radical (unpaired) electrons. The van der Waals surface area contributed by atoms with Crippen molar-refractivity contribution in [3.05, 3.63) is 63.0 Å². The minimum Gasteiger partial charge on any atom is -0.356 e. The van der Waals surface area contributed by atoms with Crippen molar-refractivity contribution in [2.45, 2.75) is 45.2 Å². The number of carbonyl (C=O) groups excluding carboxylic acids is 2. The molecule has 0 aliphatic carbocycles. The number of amides is 2. The highest BCUT2D eigenvalue weighted by Gasteiger charge is 2.17. The fraction of sp³-hybridized carbons (Fsp3) is 0.381. The Morgan fingerprint density at radius 3 is 2.88 bits per heavy atom. The highest BCUT2D eigenvalue weighted by Crippen LogP contribution is 2.18. The first-order chi connectivity index (χ1) is 15.5. The molecular weight excluding hydrogens is 435 g/mol. The third-order valence-electron chi connectivity index (χ3n) is 5.13. The number of hydrogen-bond donors (Lipinski definition) is 2. The molecule has 3 aromatic rings. The van der Waals surface area contributed by atoms with E-state index in [1.54, 1.807) is 16.0 Å². The van der Waals surface area contributed by atoms with E-state index in [0.29, 0.717) is 30.3 Å². The van der Waals surface area contributed by atoms with E-state index < -0.39 is 11.7 Å². The lowest BCUT2D eigenvalue weighted by molar-refractivity contribution is -0.120. The zero-order valence-corrected chi connectivity index (χ0v) is 18.2. The zero-order valence-electron chi connectivity index (χ0n) is 17.3. The Hall–Kier alpha value is -3.34. The molecule has 1 aromatic carbocycles. The number of aryl methyl sites for hydroxylation is 2. The van der Waals surface area contributed by atoms with Crippen LogP contribution in [0.4, 0.5) is 9.52 Å². The van der Waals surface area contributed by atoms with Crippen molar-refractivity contribution < 1.29 is 14.0 Å². The van der Waals surface area contributed by atoms with Crippen LogP contribution in [0.1, 0.15) is 41.1 Å². The van der Waals surface area contributed by atoms with Gasteiger partial charge in [-0.3, -0.25) is 19.5 Å². The molecule has 9 nitrogen and oxygen atoms in total. The molecule has 11 heteroatoms. The first-order valence-electron chi connectivity index (χ1n) is 10.4. The molecule has 0 unspecified atom stereocenters. The molecule has 4 rings (SSSR count). The van der Waals surface area contributed by atoms with Gasteiger partial charge in [0.05, 0.1) is 17.7 Å². The summed E-state index contributed by atoms with van der Waals surface area (Å²) in [6.45, 7) is 1.58. The van der Waals surface area contributed by atoms with Gasteiger partial charge in [-0.15, -0.1) is 11.3 Å². The van der Waals surface area contributed by atoms with Gasteiger partial charge in [0.1, 0.15) is 11.6 Å². The van der Waals surface area contributed by atoms with Crippen molar-refractivity contribution in [3.63, 3.8) is 0 Å². The standard InChI is InChI=1S/C21H23FN6O3S/c22-16-7-2-1-6-15(16)19(30)25-20-24-14(13-32-20)12-18(29)23-9-5-11-28-21(31)27-10-4-3-8-17(27)26-28/h1-2,6-7,13H,3-5,8-12H2,(H,23,29)(H,24,25,30). The summed E-state index contributed by atoms with van der Waals surface area (Å²) in [6.07, 6.45) is 3.53. The third kappa shape index (κ3) is 5.10. The second-order valence-electron chi connectivity index (χ2n) is 7.49. The number of halogens is 1. The normalized spacial score (nSPS) is 12.9. The lowest BCUT2D eigenvalue weighted by atomic mass is 10.2. The monoisotopic (exact) mass is 458 g/mol. The van der Waals surface area contributed by atoms with Crippen LogP contribution in [0.2, 0.25) is 0 Å². The summed E-state index contributed by atoms with van der Waals surface area (Å²) in [4.78, 5) is 40.8. The summed E-state index contributed by atoms with van der Waals surface area (Å²) < 4.78 is 16.9. The van der Waals surface area contributed by atoms with E-state index in [1.807, 2.05) is 0 Å². The molecule has 3 heterocycles. The van der Waals surface area contributed by atoms with Gasteiger partial charge < -0.3 is 5.32 Å². The topological polar surface area (TPSA) is 111 Å². The number of anilines is 1. The van der Waals surface area contributed by atoms with Crippen LogP contribution in [0.5, 0.6) is 0 Å². The number of fused-ring (bicyclic) bond motifs is 1. The van der Waals surface area contributed by atoms with Crippen LogP contribution < -0.4 is 16.3 Å². The van der Waals surface area contributed by atoms with Gasteiger partial charge in [0, 0.05) is 31.4 Å². The van der Waals surface area contributed by atoms with E-state index >= 15 is 0 Å². The van der Waals surface area contributed by atoms with Gasteiger partial charge >= 0.3 is 5.69 Å². The smallest absolute Gasteiger partial charge is 0.345 e. The maximum absolute atomic E-state index is 13.7. The van der Waals surface area contributed by atoms with Crippen LogP contribution in [-0.4, -0.2) is 37.7 Å². The maximum atomic E-state index is 13.7. The number of carbonyl (C=O) groups is 2. The van der Waals surface area contributed by atoms with E-state index in [9.17, 15) is 18.8 Å². The van der Waals surface area contributed by atoms with Crippen LogP contribution in [0.25, 0.3) is 0 Å². The van der Waals surface area contributed by atoms with Crippen molar-refractivity contribution in [2.24, 2.45) is 0 Å². The minimum absolute atomic E-state index is 0.0603. The van der Waals surface area contributed by atoms with Gasteiger partial charge in [0.2, 0.25) is 5.91 Å². The van der Waals surface area contributed by atoms with Gasteiger partial charge in [-0.1, -0.05) is 12.1 Å². The van der Waals surface area contributed by atoms with E-state index in [-0.39, 0.29) is 23.6 Å². The highest BCUT2D eigenvalue weighted by atomic mass is 32.1. The molecule has 1 aliphatic heterocycles. The predicted octanol–water partition coefficient (Wildman–Crippen LogP) is 1.98. The summed E-state index contributed by atoms with van der Waals surface area (Å²) >= 11 is 1.17. The van der Waals surface area contributed by atoms with Gasteiger partial charge in [-0.05, 0) is 31.4 Å². The van der Waals surface area contributed by atoms with E-state index in [0.717, 1.165) is 31.6 Å². The SMILES string of the molecule is O=C(Cc1csc(NC(=O)c2ccccc2F)n1)NCCCn1nc2n(c1=O)CCCC2. The second-order valence-corrected chi connectivity index (χ2v) is 8.35. The van der Waals surface area contributed by atoms with Gasteiger partial charge in [-0.25, -0.2) is 18.9 Å². The summed E-state index contributed by atoms with van der Waals surface area (Å²) in [5.41, 5.74) is 0.354. The molecule has 2 aromatic heterocycles. The molecular formula is C21H23FN6O3S. The van der Waals surface area contributed by atoms with Crippen molar-refractivity contribution in [1.29, 1.82) is 0 Å². The summed E-state index contributed by atoms with van der Waals surface area (Å²) in [5.74, 6) is -0.575. The molecule has 1 aliphatic rings. The molecule has 0 saturated heterocycles. The summed E-state index contributed by atoms with van der Waals surface area (Å²) in [5, 5.41) is 11.7. The largest absolute Gasteiger partial charge is 0.356 e. The maximum Gasteiger partial charge on any atom is 0.345 e. The van der Waals surface area contributed by atoms with Gasteiger partial charge in [0.15, 0.2) is 5.13 Å². The van der Waals surface area contributed by atoms with Crippen molar-refractivity contribution in [3.8, 4) is 0 Å². The molecule has 0 saturated carbocycles. The number of thiazole rings is 1.